The van der Waals surface area contributed by atoms with Gasteiger partial charge in [0.15, 0.2) is 0 Å². The van der Waals surface area contributed by atoms with E-state index < -0.39 is 0 Å². The molecule has 0 heterocycles. The van der Waals surface area contributed by atoms with E-state index in [2.05, 4.69) is 16.6 Å². The second kappa shape index (κ2) is 5.68. The quantitative estimate of drug-likeness (QED) is 0.639. The minimum atomic E-state index is -0.312. The summed E-state index contributed by atoms with van der Waals surface area (Å²) in [6.07, 6.45) is 5.00. The SMILES string of the molecule is C#CCNC(=O)Nc1ccc(CN)cc1. The molecule has 1 rings (SSSR count). The molecule has 0 atom stereocenters. The molecular weight excluding hydrogens is 190 g/mol. The number of carbonyl (C=O) groups excluding carboxylic acids is 1. The van der Waals surface area contributed by atoms with Crippen LogP contribution in [0.2, 0.25) is 0 Å². The van der Waals surface area contributed by atoms with E-state index in [9.17, 15) is 4.79 Å². The molecule has 4 N–H and O–H groups in total. The number of carbonyl (C=O) groups is 1. The summed E-state index contributed by atoms with van der Waals surface area (Å²) in [7, 11) is 0. The van der Waals surface area contributed by atoms with Crippen molar-refractivity contribution in [2.75, 3.05) is 11.9 Å². The molecule has 1 aromatic rings. The Bertz CT molecular complexity index is 364. The van der Waals surface area contributed by atoms with Gasteiger partial charge in [0.2, 0.25) is 0 Å². The number of benzene rings is 1. The monoisotopic (exact) mass is 203 g/mol. The Hall–Kier alpha value is -1.99. The predicted octanol–water partition coefficient (Wildman–Crippen LogP) is 0.900. The lowest BCUT2D eigenvalue weighted by atomic mass is 10.2. The molecule has 0 bridgehead atoms. The van der Waals surface area contributed by atoms with Crippen molar-refractivity contribution < 1.29 is 4.79 Å². The third-order valence-corrected chi connectivity index (χ3v) is 1.80. The number of rotatable bonds is 3. The first kappa shape index (κ1) is 11.1. The van der Waals surface area contributed by atoms with Gasteiger partial charge in [0.25, 0.3) is 0 Å². The molecule has 0 saturated heterocycles. The number of nitrogens with two attached hydrogens (primary N) is 1. The topological polar surface area (TPSA) is 67.2 Å². The van der Waals surface area contributed by atoms with Crippen molar-refractivity contribution in [2.45, 2.75) is 6.54 Å². The van der Waals surface area contributed by atoms with Crippen LogP contribution >= 0.6 is 0 Å². The number of hydrogen-bond donors (Lipinski definition) is 3. The molecule has 4 heteroatoms. The number of urea groups is 1. The van der Waals surface area contributed by atoms with Gasteiger partial charge in [0, 0.05) is 12.2 Å². The van der Waals surface area contributed by atoms with Gasteiger partial charge in [0.1, 0.15) is 0 Å². The molecule has 0 saturated carbocycles. The van der Waals surface area contributed by atoms with Gasteiger partial charge < -0.3 is 16.4 Å². The third kappa shape index (κ3) is 3.71. The van der Waals surface area contributed by atoms with Gasteiger partial charge in [-0.2, -0.15) is 0 Å². The molecular formula is C11H13N3O. The molecule has 1 aromatic carbocycles. The van der Waals surface area contributed by atoms with Crippen LogP contribution in [0.5, 0.6) is 0 Å². The summed E-state index contributed by atoms with van der Waals surface area (Å²) in [5.41, 5.74) is 7.17. The van der Waals surface area contributed by atoms with Crippen LogP contribution in [0, 0.1) is 12.3 Å². The van der Waals surface area contributed by atoms with Gasteiger partial charge in [-0.15, -0.1) is 6.42 Å². The van der Waals surface area contributed by atoms with Gasteiger partial charge in [-0.25, -0.2) is 4.79 Å². The van der Waals surface area contributed by atoms with Crippen molar-refractivity contribution in [3.8, 4) is 12.3 Å². The molecule has 0 aliphatic heterocycles. The first-order valence-corrected chi connectivity index (χ1v) is 4.53. The van der Waals surface area contributed by atoms with Crippen LogP contribution in [-0.4, -0.2) is 12.6 Å². The van der Waals surface area contributed by atoms with Crippen molar-refractivity contribution in [1.82, 2.24) is 5.32 Å². The summed E-state index contributed by atoms with van der Waals surface area (Å²) in [6.45, 7) is 0.705. The van der Waals surface area contributed by atoms with Crippen LogP contribution in [0.25, 0.3) is 0 Å². The molecule has 2 amide bonds. The van der Waals surface area contributed by atoms with Crippen LogP contribution in [0.1, 0.15) is 5.56 Å². The Morgan fingerprint density at radius 1 is 1.40 bits per heavy atom. The van der Waals surface area contributed by atoms with Crippen LogP contribution in [-0.2, 0) is 6.54 Å². The highest BCUT2D eigenvalue weighted by Crippen LogP contribution is 2.08. The van der Waals surface area contributed by atoms with Crippen molar-refractivity contribution in [1.29, 1.82) is 0 Å². The minimum absolute atomic E-state index is 0.215. The molecule has 0 aromatic heterocycles. The molecule has 78 valence electrons. The van der Waals surface area contributed by atoms with Crippen molar-refractivity contribution >= 4 is 11.7 Å². The largest absolute Gasteiger partial charge is 0.327 e. The molecule has 0 aliphatic rings. The fourth-order valence-electron chi connectivity index (χ4n) is 1.03. The van der Waals surface area contributed by atoms with Crippen LogP contribution in [0.4, 0.5) is 10.5 Å². The van der Waals surface area contributed by atoms with Gasteiger partial charge in [-0.1, -0.05) is 18.1 Å². The molecule has 0 aliphatic carbocycles. The average molecular weight is 203 g/mol. The maximum atomic E-state index is 11.2. The Morgan fingerprint density at radius 3 is 2.60 bits per heavy atom. The van der Waals surface area contributed by atoms with E-state index in [1.165, 1.54) is 0 Å². The zero-order valence-electron chi connectivity index (χ0n) is 8.29. The Labute approximate surface area is 88.9 Å². The van der Waals surface area contributed by atoms with Gasteiger partial charge in [-0.05, 0) is 17.7 Å². The van der Waals surface area contributed by atoms with E-state index in [0.29, 0.717) is 12.2 Å². The lowest BCUT2D eigenvalue weighted by molar-refractivity contribution is 0.253. The van der Waals surface area contributed by atoms with Crippen LogP contribution in [0.15, 0.2) is 24.3 Å². The molecule has 15 heavy (non-hydrogen) atoms. The first-order valence-electron chi connectivity index (χ1n) is 4.53. The fraction of sp³-hybridized carbons (Fsp3) is 0.182. The molecule has 0 unspecified atom stereocenters. The van der Waals surface area contributed by atoms with Gasteiger partial charge in [-0.3, -0.25) is 0 Å². The highest BCUT2D eigenvalue weighted by atomic mass is 16.2. The summed E-state index contributed by atoms with van der Waals surface area (Å²) in [5.74, 6) is 2.31. The number of terminal acetylenes is 1. The predicted molar refractivity (Wildman–Crippen MR) is 60.2 cm³/mol. The Kier molecular flexibility index (Phi) is 4.20. The number of hydrogen-bond acceptors (Lipinski definition) is 2. The zero-order valence-corrected chi connectivity index (χ0v) is 8.29. The number of nitrogens with one attached hydrogen (secondary N) is 2. The maximum Gasteiger partial charge on any atom is 0.319 e. The van der Waals surface area contributed by atoms with E-state index in [1.54, 1.807) is 12.1 Å². The third-order valence-electron chi connectivity index (χ3n) is 1.80. The lowest BCUT2D eigenvalue weighted by Gasteiger charge is -2.05. The van der Waals surface area contributed by atoms with Crippen LogP contribution in [0.3, 0.4) is 0 Å². The van der Waals surface area contributed by atoms with Crippen molar-refractivity contribution in [3.05, 3.63) is 29.8 Å². The highest BCUT2D eigenvalue weighted by molar-refractivity contribution is 5.89. The smallest absolute Gasteiger partial charge is 0.319 e. The second-order valence-electron chi connectivity index (χ2n) is 2.91. The van der Waals surface area contributed by atoms with E-state index in [0.717, 1.165) is 5.56 Å². The standard InChI is InChI=1S/C11H13N3O/c1-2-7-13-11(15)14-10-5-3-9(8-12)4-6-10/h1,3-6H,7-8,12H2,(H2,13,14,15). The fourth-order valence-corrected chi connectivity index (χ4v) is 1.03. The number of amides is 2. The summed E-state index contributed by atoms with van der Waals surface area (Å²) >= 11 is 0. The maximum absolute atomic E-state index is 11.2. The normalized spacial score (nSPS) is 9.07. The summed E-state index contributed by atoms with van der Waals surface area (Å²) in [5, 5.41) is 5.14. The van der Waals surface area contributed by atoms with E-state index >= 15 is 0 Å². The first-order chi connectivity index (χ1) is 7.26. The Balaban J connectivity index is 2.50. The molecule has 0 fully saturated rings. The molecule has 4 nitrogen and oxygen atoms in total. The lowest BCUT2D eigenvalue weighted by Crippen LogP contribution is -2.28. The summed E-state index contributed by atoms with van der Waals surface area (Å²) < 4.78 is 0. The van der Waals surface area contributed by atoms with Crippen molar-refractivity contribution in [2.24, 2.45) is 5.73 Å². The number of anilines is 1. The highest BCUT2D eigenvalue weighted by Gasteiger charge is 1.99. The van der Waals surface area contributed by atoms with Crippen LogP contribution < -0.4 is 16.4 Å². The van der Waals surface area contributed by atoms with E-state index in [-0.39, 0.29) is 12.6 Å². The molecule has 0 spiro atoms. The van der Waals surface area contributed by atoms with E-state index in [1.807, 2.05) is 12.1 Å². The summed E-state index contributed by atoms with van der Waals surface area (Å²) in [6, 6.07) is 6.98. The van der Waals surface area contributed by atoms with Gasteiger partial charge in [0.05, 0.1) is 6.54 Å². The molecule has 0 radical (unpaired) electrons. The Morgan fingerprint density at radius 2 is 2.07 bits per heavy atom. The zero-order chi connectivity index (χ0) is 11.1. The summed E-state index contributed by atoms with van der Waals surface area (Å²) in [4.78, 5) is 11.2. The van der Waals surface area contributed by atoms with E-state index in [4.69, 9.17) is 12.2 Å². The van der Waals surface area contributed by atoms with Gasteiger partial charge >= 0.3 is 6.03 Å². The van der Waals surface area contributed by atoms with Crippen molar-refractivity contribution in [3.63, 3.8) is 0 Å². The second-order valence-corrected chi connectivity index (χ2v) is 2.91. The average Bonchev–Trinajstić information content (AvgIpc) is 2.27. The minimum Gasteiger partial charge on any atom is -0.327 e.